The number of rotatable bonds is 4. The molecule has 0 atom stereocenters. The number of aromatic amines is 2. The minimum absolute atomic E-state index is 0.264. The molecule has 92 valence electrons. The number of hydrogen-bond acceptors (Lipinski definition) is 0. The molecule has 0 spiro atoms. The van der Waals surface area contributed by atoms with Gasteiger partial charge in [-0.05, 0) is 44.0 Å². The normalized spacial score (nSPS) is 12.0. The molecule has 0 bridgehead atoms. The first-order valence-electron chi connectivity index (χ1n) is 6.44. The van der Waals surface area contributed by atoms with E-state index in [0.29, 0.717) is 0 Å². The molecule has 2 heteroatoms. The van der Waals surface area contributed by atoms with Crippen LogP contribution in [0.2, 0.25) is 0 Å². The van der Waals surface area contributed by atoms with Crippen LogP contribution in [0.1, 0.15) is 45.0 Å². The molecule has 2 aromatic heterocycles. The fraction of sp³-hybridized carbons (Fsp3) is 0.467. The molecule has 0 amide bonds. The third kappa shape index (κ3) is 2.17. The molecule has 2 heterocycles. The highest BCUT2D eigenvalue weighted by Gasteiger charge is 2.23. The molecule has 0 aromatic carbocycles. The summed E-state index contributed by atoms with van der Waals surface area (Å²) < 4.78 is 0. The molecule has 2 nitrogen and oxygen atoms in total. The lowest BCUT2D eigenvalue weighted by Crippen LogP contribution is -2.19. The van der Waals surface area contributed by atoms with Crippen LogP contribution in [-0.2, 0) is 5.41 Å². The van der Waals surface area contributed by atoms with Gasteiger partial charge in [-0.25, -0.2) is 0 Å². The van der Waals surface area contributed by atoms with Crippen LogP contribution < -0.4 is 0 Å². The lowest BCUT2D eigenvalue weighted by Gasteiger charge is -2.25. The third-order valence-electron chi connectivity index (χ3n) is 4.02. The van der Waals surface area contributed by atoms with Gasteiger partial charge in [-0.3, -0.25) is 0 Å². The molecule has 17 heavy (non-hydrogen) atoms. The Labute approximate surface area is 103 Å². The highest BCUT2D eigenvalue weighted by molar-refractivity contribution is 5.56. The Morgan fingerprint density at radius 1 is 0.941 bits per heavy atom. The van der Waals surface area contributed by atoms with Gasteiger partial charge in [0.2, 0.25) is 0 Å². The van der Waals surface area contributed by atoms with Crippen molar-refractivity contribution in [3.05, 3.63) is 35.7 Å². The van der Waals surface area contributed by atoms with Crippen LogP contribution >= 0.6 is 0 Å². The van der Waals surface area contributed by atoms with Gasteiger partial charge in [0, 0.05) is 16.8 Å². The standard InChI is InChI=1S/C15H22N2/c1-5-15(4,6-2)14-10-9-13(17-14)12-8-7-11(3)16-12/h7-10,16-17H,5-6H2,1-4H3. The molecule has 0 radical (unpaired) electrons. The van der Waals surface area contributed by atoms with Crippen LogP contribution in [0, 0.1) is 6.92 Å². The van der Waals surface area contributed by atoms with Gasteiger partial charge in [0.15, 0.2) is 0 Å². The van der Waals surface area contributed by atoms with E-state index in [0.717, 1.165) is 12.8 Å². The second-order valence-electron chi connectivity index (χ2n) is 5.11. The maximum absolute atomic E-state index is 3.55. The van der Waals surface area contributed by atoms with Crippen molar-refractivity contribution in [1.29, 1.82) is 0 Å². The fourth-order valence-corrected chi connectivity index (χ4v) is 2.20. The molecule has 0 aliphatic heterocycles. The Kier molecular flexibility index (Phi) is 3.14. The second-order valence-corrected chi connectivity index (χ2v) is 5.11. The first-order valence-corrected chi connectivity index (χ1v) is 6.44. The Hall–Kier alpha value is -1.44. The molecular formula is C15H22N2. The predicted octanol–water partition coefficient (Wildman–Crippen LogP) is 4.40. The Morgan fingerprint density at radius 3 is 2.06 bits per heavy atom. The average Bonchev–Trinajstić information content (AvgIpc) is 2.96. The van der Waals surface area contributed by atoms with E-state index < -0.39 is 0 Å². The predicted molar refractivity (Wildman–Crippen MR) is 73.3 cm³/mol. The summed E-state index contributed by atoms with van der Waals surface area (Å²) in [5.74, 6) is 0. The Bertz CT molecular complexity index is 486. The molecule has 0 saturated heterocycles. The molecule has 0 saturated carbocycles. The number of nitrogens with one attached hydrogen (secondary N) is 2. The maximum atomic E-state index is 3.55. The second kappa shape index (κ2) is 4.44. The van der Waals surface area contributed by atoms with Gasteiger partial charge < -0.3 is 9.97 Å². The van der Waals surface area contributed by atoms with Gasteiger partial charge in [0.25, 0.3) is 0 Å². The molecule has 2 aromatic rings. The quantitative estimate of drug-likeness (QED) is 0.780. The zero-order valence-corrected chi connectivity index (χ0v) is 11.2. The van der Waals surface area contributed by atoms with Crippen LogP contribution in [0.5, 0.6) is 0 Å². The fourth-order valence-electron chi connectivity index (χ4n) is 2.20. The van der Waals surface area contributed by atoms with Crippen LogP contribution in [0.3, 0.4) is 0 Å². The lowest BCUT2D eigenvalue weighted by atomic mass is 9.82. The van der Waals surface area contributed by atoms with E-state index in [4.69, 9.17) is 0 Å². The summed E-state index contributed by atoms with van der Waals surface area (Å²) in [5.41, 5.74) is 5.15. The number of H-pyrrole nitrogens is 2. The van der Waals surface area contributed by atoms with Crippen LogP contribution in [0.25, 0.3) is 11.4 Å². The van der Waals surface area contributed by atoms with Gasteiger partial charge in [-0.1, -0.05) is 20.8 Å². The zero-order valence-electron chi connectivity index (χ0n) is 11.2. The molecule has 0 aliphatic rings. The minimum atomic E-state index is 0.264. The summed E-state index contributed by atoms with van der Waals surface area (Å²) in [6.45, 7) is 8.91. The summed E-state index contributed by atoms with van der Waals surface area (Å²) in [7, 11) is 0. The number of aryl methyl sites for hydroxylation is 1. The van der Waals surface area contributed by atoms with Crippen LogP contribution in [0.4, 0.5) is 0 Å². The minimum Gasteiger partial charge on any atom is -0.357 e. The smallest absolute Gasteiger partial charge is 0.0621 e. The summed E-state index contributed by atoms with van der Waals surface area (Å²) in [6.07, 6.45) is 2.32. The van der Waals surface area contributed by atoms with E-state index in [2.05, 4.69) is 61.9 Å². The summed E-state index contributed by atoms with van der Waals surface area (Å²) in [5, 5.41) is 0. The first-order chi connectivity index (χ1) is 8.09. The molecular weight excluding hydrogens is 208 g/mol. The Morgan fingerprint density at radius 2 is 1.53 bits per heavy atom. The van der Waals surface area contributed by atoms with E-state index in [1.54, 1.807) is 0 Å². The number of aromatic nitrogens is 2. The van der Waals surface area contributed by atoms with Crippen molar-refractivity contribution >= 4 is 0 Å². The van der Waals surface area contributed by atoms with Crippen molar-refractivity contribution in [3.8, 4) is 11.4 Å². The van der Waals surface area contributed by atoms with E-state index in [1.165, 1.54) is 22.8 Å². The van der Waals surface area contributed by atoms with E-state index in [9.17, 15) is 0 Å². The summed E-state index contributed by atoms with van der Waals surface area (Å²) in [6, 6.07) is 8.62. The zero-order chi connectivity index (χ0) is 12.5. The van der Waals surface area contributed by atoms with Crippen LogP contribution in [-0.4, -0.2) is 9.97 Å². The largest absolute Gasteiger partial charge is 0.357 e. The lowest BCUT2D eigenvalue weighted by molar-refractivity contribution is 0.428. The van der Waals surface area contributed by atoms with Gasteiger partial charge >= 0.3 is 0 Å². The van der Waals surface area contributed by atoms with Crippen molar-refractivity contribution in [2.45, 2.75) is 46.0 Å². The third-order valence-corrected chi connectivity index (χ3v) is 4.02. The van der Waals surface area contributed by atoms with Crippen LogP contribution in [0.15, 0.2) is 24.3 Å². The van der Waals surface area contributed by atoms with Gasteiger partial charge in [0.05, 0.1) is 11.4 Å². The summed E-state index contributed by atoms with van der Waals surface area (Å²) >= 11 is 0. The van der Waals surface area contributed by atoms with Crippen molar-refractivity contribution in [2.75, 3.05) is 0 Å². The van der Waals surface area contributed by atoms with E-state index in [-0.39, 0.29) is 5.41 Å². The monoisotopic (exact) mass is 230 g/mol. The summed E-state index contributed by atoms with van der Waals surface area (Å²) in [4.78, 5) is 6.92. The molecule has 2 N–H and O–H groups in total. The van der Waals surface area contributed by atoms with Crippen molar-refractivity contribution in [2.24, 2.45) is 0 Å². The SMILES string of the molecule is CCC(C)(CC)c1ccc(-c2ccc(C)[nH]2)[nH]1. The van der Waals surface area contributed by atoms with Crippen molar-refractivity contribution in [1.82, 2.24) is 9.97 Å². The molecule has 0 fully saturated rings. The van der Waals surface area contributed by atoms with Crippen molar-refractivity contribution in [3.63, 3.8) is 0 Å². The number of hydrogen-bond donors (Lipinski definition) is 2. The highest BCUT2D eigenvalue weighted by Crippen LogP contribution is 2.31. The first kappa shape index (κ1) is 12.0. The average molecular weight is 230 g/mol. The molecule has 0 unspecified atom stereocenters. The molecule has 0 aliphatic carbocycles. The molecule has 2 rings (SSSR count). The van der Waals surface area contributed by atoms with E-state index >= 15 is 0 Å². The van der Waals surface area contributed by atoms with Gasteiger partial charge in [-0.2, -0.15) is 0 Å². The maximum Gasteiger partial charge on any atom is 0.0621 e. The highest BCUT2D eigenvalue weighted by atomic mass is 14.8. The van der Waals surface area contributed by atoms with Gasteiger partial charge in [-0.15, -0.1) is 0 Å². The topological polar surface area (TPSA) is 31.6 Å². The van der Waals surface area contributed by atoms with Crippen molar-refractivity contribution < 1.29 is 0 Å². The van der Waals surface area contributed by atoms with Gasteiger partial charge in [0.1, 0.15) is 0 Å². The Balaban J connectivity index is 2.33. The van der Waals surface area contributed by atoms with E-state index in [1.807, 2.05) is 0 Å².